The molecule has 46 heavy (non-hydrogen) atoms. The largest absolute Gasteiger partial charge is 0.491 e. The Balaban J connectivity index is 1.29. The van der Waals surface area contributed by atoms with Gasteiger partial charge in [-0.1, -0.05) is 41.9 Å². The average molecular weight is 645 g/mol. The predicted molar refractivity (Wildman–Crippen MR) is 174 cm³/mol. The number of rotatable bonds is 8. The zero-order valence-corrected chi connectivity index (χ0v) is 26.5. The molecular formula is C33H33ClN6O6. The third-order valence-corrected chi connectivity index (χ3v) is 8.87. The first-order valence-corrected chi connectivity index (χ1v) is 15.2. The van der Waals surface area contributed by atoms with E-state index in [-0.39, 0.29) is 23.6 Å². The fraction of sp³-hybridized carbons (Fsp3) is 0.303. The van der Waals surface area contributed by atoms with Crippen molar-refractivity contribution in [3.8, 4) is 34.0 Å². The summed E-state index contributed by atoms with van der Waals surface area (Å²) < 4.78 is 13.8. The van der Waals surface area contributed by atoms with Crippen molar-refractivity contribution in [2.75, 3.05) is 25.6 Å². The minimum atomic E-state index is -0.684. The van der Waals surface area contributed by atoms with Gasteiger partial charge in [-0.05, 0) is 30.5 Å². The number of pyridine rings is 1. The normalized spacial score (nSPS) is 16.9. The summed E-state index contributed by atoms with van der Waals surface area (Å²) in [6.07, 6.45) is 2.56. The average Bonchev–Trinajstić information content (AvgIpc) is 3.66. The summed E-state index contributed by atoms with van der Waals surface area (Å²) >= 11 is 7.05. The lowest BCUT2D eigenvalue weighted by Crippen LogP contribution is -2.40. The zero-order chi connectivity index (χ0) is 32.7. The van der Waals surface area contributed by atoms with Gasteiger partial charge in [-0.25, -0.2) is 9.78 Å². The summed E-state index contributed by atoms with van der Waals surface area (Å²) in [6.45, 7) is 2.86. The number of nitrogens with one attached hydrogen (secondary N) is 3. The number of amides is 2. The van der Waals surface area contributed by atoms with Crippen molar-refractivity contribution in [3.63, 3.8) is 0 Å². The Morgan fingerprint density at radius 1 is 1.13 bits per heavy atom. The van der Waals surface area contributed by atoms with E-state index in [4.69, 9.17) is 26.1 Å². The van der Waals surface area contributed by atoms with Gasteiger partial charge in [-0.15, -0.1) is 0 Å². The van der Waals surface area contributed by atoms with Crippen LogP contribution in [0.1, 0.15) is 40.4 Å². The SMILES string of the molecule is COc1nc(-c2cccc(-c3cccc(NC(=O)c4cn(C)c(=O)n(C)c4=O)c3C)c2Cl)cc2c1[C@@H](NC[C@@H]1CCC(=O)N1)CO2. The van der Waals surface area contributed by atoms with Gasteiger partial charge in [0.15, 0.2) is 0 Å². The number of fused-ring (bicyclic) bond motifs is 1. The summed E-state index contributed by atoms with van der Waals surface area (Å²) in [7, 11) is 4.37. The number of benzene rings is 2. The van der Waals surface area contributed by atoms with Gasteiger partial charge in [0.1, 0.15) is 17.9 Å². The number of anilines is 1. The molecule has 0 bridgehead atoms. The molecule has 2 amide bonds. The molecular weight excluding hydrogens is 612 g/mol. The molecule has 4 heterocycles. The summed E-state index contributed by atoms with van der Waals surface area (Å²) in [6, 6.07) is 12.8. The molecule has 0 aliphatic carbocycles. The monoisotopic (exact) mass is 644 g/mol. The van der Waals surface area contributed by atoms with E-state index in [1.165, 1.54) is 24.9 Å². The molecule has 4 aromatic rings. The van der Waals surface area contributed by atoms with E-state index >= 15 is 0 Å². The first-order valence-electron chi connectivity index (χ1n) is 14.8. The number of aromatic nitrogens is 3. The molecule has 0 spiro atoms. The Morgan fingerprint density at radius 2 is 1.87 bits per heavy atom. The maximum Gasteiger partial charge on any atom is 0.330 e. The van der Waals surface area contributed by atoms with Gasteiger partial charge < -0.3 is 30.0 Å². The summed E-state index contributed by atoms with van der Waals surface area (Å²) in [5.74, 6) is 0.496. The van der Waals surface area contributed by atoms with E-state index in [2.05, 4.69) is 16.0 Å². The maximum atomic E-state index is 13.1. The summed E-state index contributed by atoms with van der Waals surface area (Å²) in [5.41, 5.74) is 3.38. The summed E-state index contributed by atoms with van der Waals surface area (Å²) in [5, 5.41) is 9.70. The van der Waals surface area contributed by atoms with Crippen LogP contribution in [0.2, 0.25) is 5.02 Å². The lowest BCUT2D eigenvalue weighted by Gasteiger charge is -2.18. The van der Waals surface area contributed by atoms with Crippen LogP contribution in [0.5, 0.6) is 11.6 Å². The molecule has 13 heteroatoms. The summed E-state index contributed by atoms with van der Waals surface area (Å²) in [4.78, 5) is 54.2. The van der Waals surface area contributed by atoms with E-state index in [0.717, 1.165) is 27.7 Å². The molecule has 0 saturated carbocycles. The van der Waals surface area contributed by atoms with Crippen LogP contribution in [0.25, 0.3) is 22.4 Å². The Bertz CT molecular complexity index is 2000. The Labute approximate surface area is 269 Å². The van der Waals surface area contributed by atoms with Crippen LogP contribution < -0.4 is 36.7 Å². The number of methoxy groups -OCH3 is 1. The number of ether oxygens (including phenoxy) is 2. The molecule has 238 valence electrons. The minimum absolute atomic E-state index is 0.0675. The van der Waals surface area contributed by atoms with Crippen LogP contribution in [0, 0.1) is 6.92 Å². The topological polar surface area (TPSA) is 146 Å². The number of hydrogen-bond acceptors (Lipinski definition) is 8. The van der Waals surface area contributed by atoms with Crippen LogP contribution in [-0.4, -0.2) is 52.2 Å². The van der Waals surface area contributed by atoms with E-state index in [0.29, 0.717) is 58.7 Å². The first-order chi connectivity index (χ1) is 22.1. The Morgan fingerprint density at radius 3 is 2.61 bits per heavy atom. The zero-order valence-electron chi connectivity index (χ0n) is 25.8. The second-order valence-corrected chi connectivity index (χ2v) is 11.8. The highest BCUT2D eigenvalue weighted by Gasteiger charge is 2.32. The van der Waals surface area contributed by atoms with Gasteiger partial charge >= 0.3 is 5.69 Å². The van der Waals surface area contributed by atoms with Crippen molar-refractivity contribution in [1.29, 1.82) is 0 Å². The number of hydrogen-bond donors (Lipinski definition) is 3. The molecule has 2 atom stereocenters. The fourth-order valence-electron chi connectivity index (χ4n) is 5.93. The Hall–Kier alpha value is -4.94. The lowest BCUT2D eigenvalue weighted by molar-refractivity contribution is -0.119. The lowest BCUT2D eigenvalue weighted by atomic mass is 9.96. The van der Waals surface area contributed by atoms with E-state index < -0.39 is 17.2 Å². The van der Waals surface area contributed by atoms with Gasteiger partial charge in [0.2, 0.25) is 11.8 Å². The quantitative estimate of drug-likeness (QED) is 0.265. The Kier molecular flexibility index (Phi) is 8.41. The standard InChI is InChI=1S/C33H33ClN6O6/c1-17-19(7-6-10-23(17)37-30(42)22-15-39(2)33(44)40(3)32(22)43)20-8-5-9-21(29(20)34)24-13-26-28(31(38-24)45-4)25(16-46-26)35-14-18-11-12-27(41)36-18/h5-10,13,15,18,25,35H,11-12,14,16H2,1-4H3,(H,36,41)(H,37,42)/t18-,25-/m0/s1. The van der Waals surface area contributed by atoms with Crippen molar-refractivity contribution in [2.45, 2.75) is 31.8 Å². The molecule has 0 radical (unpaired) electrons. The molecule has 2 aromatic carbocycles. The van der Waals surface area contributed by atoms with Crippen molar-refractivity contribution in [2.24, 2.45) is 14.1 Å². The molecule has 1 saturated heterocycles. The number of aryl methyl sites for hydroxylation is 1. The molecule has 3 N–H and O–H groups in total. The molecule has 2 aromatic heterocycles. The minimum Gasteiger partial charge on any atom is -0.491 e. The van der Waals surface area contributed by atoms with Crippen LogP contribution >= 0.6 is 11.6 Å². The van der Waals surface area contributed by atoms with Gasteiger partial charge in [0.05, 0.1) is 29.4 Å². The van der Waals surface area contributed by atoms with Gasteiger partial charge in [-0.3, -0.25) is 19.0 Å². The number of carbonyl (C=O) groups is 2. The first kappa shape index (κ1) is 31.1. The molecule has 0 unspecified atom stereocenters. The number of carbonyl (C=O) groups excluding carboxylic acids is 2. The molecule has 1 fully saturated rings. The highest BCUT2D eigenvalue weighted by Crippen LogP contribution is 2.44. The van der Waals surface area contributed by atoms with Crippen LogP contribution in [-0.2, 0) is 18.9 Å². The molecule has 2 aliphatic rings. The van der Waals surface area contributed by atoms with E-state index in [1.807, 2.05) is 37.3 Å². The highest BCUT2D eigenvalue weighted by atomic mass is 35.5. The third-order valence-electron chi connectivity index (χ3n) is 8.47. The van der Waals surface area contributed by atoms with Gasteiger partial charge in [-0.2, -0.15) is 0 Å². The van der Waals surface area contributed by atoms with Gasteiger partial charge in [0.25, 0.3) is 11.5 Å². The van der Waals surface area contributed by atoms with Crippen molar-refractivity contribution in [3.05, 3.63) is 91.2 Å². The van der Waals surface area contributed by atoms with Crippen molar-refractivity contribution >= 4 is 29.1 Å². The smallest absolute Gasteiger partial charge is 0.330 e. The molecule has 2 aliphatic heterocycles. The van der Waals surface area contributed by atoms with Crippen LogP contribution in [0.15, 0.2) is 58.3 Å². The number of nitrogens with zero attached hydrogens (tertiary/aromatic N) is 3. The van der Waals surface area contributed by atoms with E-state index in [1.54, 1.807) is 19.2 Å². The maximum absolute atomic E-state index is 13.1. The van der Waals surface area contributed by atoms with E-state index in [9.17, 15) is 19.2 Å². The second-order valence-electron chi connectivity index (χ2n) is 11.4. The van der Waals surface area contributed by atoms with Gasteiger partial charge in [0, 0.05) is 62.2 Å². The van der Waals surface area contributed by atoms with Crippen LogP contribution in [0.3, 0.4) is 0 Å². The van der Waals surface area contributed by atoms with Crippen molar-refractivity contribution < 1.29 is 19.1 Å². The fourth-order valence-corrected chi connectivity index (χ4v) is 6.25. The highest BCUT2D eigenvalue weighted by molar-refractivity contribution is 6.36. The molecule has 12 nitrogen and oxygen atoms in total. The molecule has 6 rings (SSSR count). The van der Waals surface area contributed by atoms with Crippen LogP contribution in [0.4, 0.5) is 5.69 Å². The second kappa shape index (κ2) is 12.5. The third kappa shape index (κ3) is 5.65. The predicted octanol–water partition coefficient (Wildman–Crippen LogP) is 3.34. The number of halogens is 1. The van der Waals surface area contributed by atoms with Crippen molar-refractivity contribution in [1.82, 2.24) is 24.8 Å².